The Balaban J connectivity index is 2.61. The van der Waals surface area contributed by atoms with E-state index in [-0.39, 0.29) is 5.91 Å². The second kappa shape index (κ2) is 6.25. The number of carbonyl (C=O) groups excluding carboxylic acids is 1. The number of benzene rings is 1. The first-order chi connectivity index (χ1) is 8.39. The highest BCUT2D eigenvalue weighted by atomic mass is 32.2. The van der Waals surface area contributed by atoms with Crippen molar-refractivity contribution in [3.05, 3.63) is 29.3 Å². The first-order valence-electron chi connectivity index (χ1n) is 6.08. The quantitative estimate of drug-likeness (QED) is 0.777. The van der Waals surface area contributed by atoms with E-state index in [0.717, 1.165) is 12.2 Å². The third-order valence-corrected chi connectivity index (χ3v) is 4.46. The van der Waals surface area contributed by atoms with E-state index in [1.54, 1.807) is 18.8 Å². The molecule has 1 aromatic rings. The summed E-state index contributed by atoms with van der Waals surface area (Å²) in [4.78, 5) is 12.6. The van der Waals surface area contributed by atoms with Crippen LogP contribution in [0.25, 0.3) is 0 Å². The smallest absolute Gasteiger partial charge is 0.237 e. The molecule has 1 unspecified atom stereocenters. The maximum absolute atomic E-state index is 11.4. The van der Waals surface area contributed by atoms with Crippen LogP contribution in [0.5, 0.6) is 0 Å². The van der Waals surface area contributed by atoms with E-state index in [1.807, 2.05) is 6.92 Å². The van der Waals surface area contributed by atoms with E-state index in [0.29, 0.717) is 0 Å². The van der Waals surface area contributed by atoms with E-state index in [2.05, 4.69) is 37.4 Å². The zero-order chi connectivity index (χ0) is 13.8. The molecule has 1 atom stereocenters. The van der Waals surface area contributed by atoms with Crippen molar-refractivity contribution in [2.24, 2.45) is 5.73 Å². The van der Waals surface area contributed by atoms with Gasteiger partial charge in [-0.3, -0.25) is 4.79 Å². The molecule has 0 aliphatic carbocycles. The van der Waals surface area contributed by atoms with Crippen molar-refractivity contribution in [3.63, 3.8) is 0 Å². The topological polar surface area (TPSA) is 55.1 Å². The Kier molecular flexibility index (Phi) is 5.23. The van der Waals surface area contributed by atoms with Crippen LogP contribution in [0, 0.1) is 13.8 Å². The Morgan fingerprint density at radius 3 is 2.67 bits per heavy atom. The lowest BCUT2D eigenvalue weighted by atomic mass is 9.99. The summed E-state index contributed by atoms with van der Waals surface area (Å²) >= 11 is 1.77. The molecule has 1 aromatic carbocycles. The second-order valence-corrected chi connectivity index (χ2v) is 5.95. The van der Waals surface area contributed by atoms with Crippen molar-refractivity contribution in [2.75, 3.05) is 12.8 Å². The summed E-state index contributed by atoms with van der Waals surface area (Å²) in [6.45, 7) is 6.04. The van der Waals surface area contributed by atoms with Crippen LogP contribution in [0.2, 0.25) is 0 Å². The third kappa shape index (κ3) is 3.75. The van der Waals surface area contributed by atoms with Crippen molar-refractivity contribution in [1.82, 2.24) is 5.32 Å². The predicted molar refractivity (Wildman–Crippen MR) is 77.9 cm³/mol. The van der Waals surface area contributed by atoms with Gasteiger partial charge in [-0.15, -0.1) is 11.8 Å². The molecule has 1 rings (SSSR count). The molecule has 0 radical (unpaired) electrons. The van der Waals surface area contributed by atoms with Crippen LogP contribution in [-0.2, 0) is 4.79 Å². The average Bonchev–Trinajstić information content (AvgIpc) is 2.33. The van der Waals surface area contributed by atoms with Gasteiger partial charge in [0.25, 0.3) is 0 Å². The number of likely N-dealkylation sites (N-methyl/N-ethyl adjacent to an activating group) is 1. The normalized spacial score (nSPS) is 14.2. The van der Waals surface area contributed by atoms with Gasteiger partial charge in [-0.2, -0.15) is 0 Å². The number of hydrogen-bond donors (Lipinski definition) is 2. The largest absolute Gasteiger partial charge is 0.368 e. The fourth-order valence-electron chi connectivity index (χ4n) is 1.60. The van der Waals surface area contributed by atoms with Crippen molar-refractivity contribution in [2.45, 2.75) is 37.6 Å². The van der Waals surface area contributed by atoms with Gasteiger partial charge in [-0.1, -0.05) is 17.7 Å². The number of thioether (sulfide) groups is 1. The lowest BCUT2D eigenvalue weighted by molar-refractivity contribution is -0.123. The number of carbonyl (C=O) groups is 1. The van der Waals surface area contributed by atoms with Crippen LogP contribution < -0.4 is 11.1 Å². The summed E-state index contributed by atoms with van der Waals surface area (Å²) in [5, 5.41) is 3.00. The third-order valence-electron chi connectivity index (χ3n) is 3.30. The van der Waals surface area contributed by atoms with Crippen LogP contribution in [0.15, 0.2) is 23.1 Å². The van der Waals surface area contributed by atoms with Crippen LogP contribution in [-0.4, -0.2) is 24.2 Å². The van der Waals surface area contributed by atoms with Crippen molar-refractivity contribution < 1.29 is 4.79 Å². The number of primary amides is 1. The summed E-state index contributed by atoms with van der Waals surface area (Å²) < 4.78 is 0. The van der Waals surface area contributed by atoms with Gasteiger partial charge in [-0.25, -0.2) is 0 Å². The van der Waals surface area contributed by atoms with Gasteiger partial charge in [0.05, 0.1) is 5.54 Å². The van der Waals surface area contributed by atoms with E-state index in [4.69, 9.17) is 5.73 Å². The van der Waals surface area contributed by atoms with E-state index < -0.39 is 5.54 Å². The molecule has 0 aromatic heterocycles. The second-order valence-electron chi connectivity index (χ2n) is 4.81. The molecular weight excluding hydrogens is 244 g/mol. The first kappa shape index (κ1) is 15.1. The highest BCUT2D eigenvalue weighted by Crippen LogP contribution is 2.25. The van der Waals surface area contributed by atoms with Crippen molar-refractivity contribution in [3.8, 4) is 0 Å². The maximum atomic E-state index is 11.4. The van der Waals surface area contributed by atoms with Gasteiger partial charge in [0.1, 0.15) is 0 Å². The number of nitrogens with two attached hydrogens (primary N) is 1. The number of nitrogens with one attached hydrogen (secondary N) is 1. The Bertz CT molecular complexity index is 434. The van der Waals surface area contributed by atoms with Gasteiger partial charge in [0.15, 0.2) is 0 Å². The van der Waals surface area contributed by atoms with Gasteiger partial charge < -0.3 is 11.1 Å². The van der Waals surface area contributed by atoms with Crippen LogP contribution in [0.1, 0.15) is 24.5 Å². The van der Waals surface area contributed by atoms with Crippen LogP contribution in [0.4, 0.5) is 0 Å². The summed E-state index contributed by atoms with van der Waals surface area (Å²) in [7, 11) is 1.77. The number of aryl methyl sites for hydroxylation is 2. The van der Waals surface area contributed by atoms with Crippen molar-refractivity contribution >= 4 is 17.7 Å². The van der Waals surface area contributed by atoms with Crippen molar-refractivity contribution in [1.29, 1.82) is 0 Å². The molecule has 18 heavy (non-hydrogen) atoms. The number of hydrogen-bond acceptors (Lipinski definition) is 3. The Morgan fingerprint density at radius 2 is 2.11 bits per heavy atom. The Hall–Kier alpha value is -1.00. The summed E-state index contributed by atoms with van der Waals surface area (Å²) in [5.41, 5.74) is 7.32. The van der Waals surface area contributed by atoms with Gasteiger partial charge in [0, 0.05) is 10.6 Å². The minimum atomic E-state index is -0.620. The fourth-order valence-corrected chi connectivity index (χ4v) is 2.89. The molecule has 3 nitrogen and oxygen atoms in total. The zero-order valence-electron chi connectivity index (χ0n) is 11.5. The monoisotopic (exact) mass is 266 g/mol. The average molecular weight is 266 g/mol. The first-order valence-corrected chi connectivity index (χ1v) is 7.06. The standard InChI is InChI=1S/C14H22N2OS/c1-10-5-6-11(2)12(9-10)18-8-7-14(3,16-4)13(15)17/h5-6,9,16H,7-8H2,1-4H3,(H2,15,17). The molecule has 0 aliphatic heterocycles. The molecule has 0 fully saturated rings. The van der Waals surface area contributed by atoms with E-state index >= 15 is 0 Å². The highest BCUT2D eigenvalue weighted by Gasteiger charge is 2.28. The van der Waals surface area contributed by atoms with Gasteiger partial charge in [0.2, 0.25) is 5.91 Å². The minimum absolute atomic E-state index is 0.299. The van der Waals surface area contributed by atoms with Crippen LogP contribution in [0.3, 0.4) is 0 Å². The molecule has 0 saturated heterocycles. The number of rotatable bonds is 6. The summed E-state index contributed by atoms with van der Waals surface area (Å²) in [5.74, 6) is 0.566. The lowest BCUT2D eigenvalue weighted by Gasteiger charge is -2.25. The van der Waals surface area contributed by atoms with Crippen LogP contribution >= 0.6 is 11.8 Å². The molecule has 0 heterocycles. The zero-order valence-corrected chi connectivity index (χ0v) is 12.4. The fraction of sp³-hybridized carbons (Fsp3) is 0.500. The SMILES string of the molecule is CNC(C)(CCSc1cc(C)ccc1C)C(N)=O. The maximum Gasteiger partial charge on any atom is 0.237 e. The lowest BCUT2D eigenvalue weighted by Crippen LogP contribution is -2.51. The minimum Gasteiger partial charge on any atom is -0.368 e. The molecule has 0 saturated carbocycles. The van der Waals surface area contributed by atoms with Gasteiger partial charge >= 0.3 is 0 Å². The molecule has 0 bridgehead atoms. The highest BCUT2D eigenvalue weighted by molar-refractivity contribution is 7.99. The molecule has 3 N–H and O–H groups in total. The molecule has 0 aliphatic rings. The predicted octanol–water partition coefficient (Wildman–Crippen LogP) is 2.25. The van der Waals surface area contributed by atoms with E-state index in [1.165, 1.54) is 16.0 Å². The van der Waals surface area contributed by atoms with Gasteiger partial charge in [-0.05, 0) is 45.9 Å². The molecule has 0 spiro atoms. The number of amides is 1. The summed E-state index contributed by atoms with van der Waals surface area (Å²) in [6.07, 6.45) is 0.719. The Labute approximate surface area is 114 Å². The molecular formula is C14H22N2OS. The Morgan fingerprint density at radius 1 is 1.44 bits per heavy atom. The summed E-state index contributed by atoms with van der Waals surface area (Å²) in [6, 6.07) is 6.42. The molecule has 1 amide bonds. The molecule has 4 heteroatoms. The molecule has 100 valence electrons. The van der Waals surface area contributed by atoms with E-state index in [9.17, 15) is 4.79 Å².